The lowest BCUT2D eigenvalue weighted by Crippen LogP contribution is -2.61. The summed E-state index contributed by atoms with van der Waals surface area (Å²) in [6.45, 7) is 2.94. The van der Waals surface area contributed by atoms with Crippen molar-refractivity contribution >= 4 is 0 Å². The van der Waals surface area contributed by atoms with Gasteiger partial charge in [0.2, 0.25) is 0 Å². The van der Waals surface area contributed by atoms with Gasteiger partial charge in [-0.25, -0.2) is 0 Å². The van der Waals surface area contributed by atoms with Crippen molar-refractivity contribution < 1.29 is 40.1 Å². The Morgan fingerprint density at radius 1 is 1.12 bits per heavy atom. The van der Waals surface area contributed by atoms with Crippen molar-refractivity contribution in [1.29, 1.82) is 0 Å². The average molecular weight is 374 g/mol. The standard InChI is InChI=1S/C18H30O8/c1-17(24)6-4-3-5-9-12(17)10(20)7-18(9,2)26-16-15(23)14(22)13(21)11(8-19)25-16/h3,5,9-16,19-24H,4,6-8H2,1-2H3. The maximum Gasteiger partial charge on any atom is 0.187 e. The first kappa shape index (κ1) is 20.2. The molecule has 2 aliphatic carbocycles. The molecule has 0 radical (unpaired) electrons. The molecule has 0 amide bonds. The minimum absolute atomic E-state index is 0.220. The van der Waals surface area contributed by atoms with Crippen LogP contribution < -0.4 is 0 Å². The zero-order chi connectivity index (χ0) is 19.3. The van der Waals surface area contributed by atoms with Crippen molar-refractivity contribution in [1.82, 2.24) is 0 Å². The zero-order valence-electron chi connectivity index (χ0n) is 15.1. The second-order valence-corrected chi connectivity index (χ2v) is 8.27. The van der Waals surface area contributed by atoms with E-state index in [2.05, 4.69) is 0 Å². The molecule has 1 saturated carbocycles. The largest absolute Gasteiger partial charge is 0.394 e. The van der Waals surface area contributed by atoms with E-state index in [4.69, 9.17) is 9.47 Å². The first-order valence-corrected chi connectivity index (χ1v) is 9.16. The molecule has 0 aromatic heterocycles. The van der Waals surface area contributed by atoms with E-state index < -0.39 is 60.5 Å². The number of rotatable bonds is 3. The van der Waals surface area contributed by atoms with Gasteiger partial charge in [-0.15, -0.1) is 0 Å². The number of fused-ring (bicyclic) bond motifs is 1. The van der Waals surface area contributed by atoms with Gasteiger partial charge in [-0.1, -0.05) is 12.2 Å². The quantitative estimate of drug-likeness (QED) is 0.334. The van der Waals surface area contributed by atoms with Crippen molar-refractivity contribution in [3.8, 4) is 0 Å². The molecular formula is C18H30O8. The maximum atomic E-state index is 10.8. The lowest BCUT2D eigenvalue weighted by molar-refractivity contribution is -0.328. The van der Waals surface area contributed by atoms with E-state index in [9.17, 15) is 30.6 Å². The lowest BCUT2D eigenvalue weighted by atomic mass is 9.77. The number of ether oxygens (including phenoxy) is 2. The summed E-state index contributed by atoms with van der Waals surface area (Å²) >= 11 is 0. The molecule has 1 aliphatic heterocycles. The molecule has 10 unspecified atom stereocenters. The van der Waals surface area contributed by atoms with Crippen LogP contribution in [0.25, 0.3) is 0 Å². The monoisotopic (exact) mass is 374 g/mol. The van der Waals surface area contributed by atoms with Gasteiger partial charge in [0, 0.05) is 18.3 Å². The molecule has 0 bridgehead atoms. The van der Waals surface area contributed by atoms with Crippen molar-refractivity contribution in [3.05, 3.63) is 12.2 Å². The number of aliphatic hydroxyl groups excluding tert-OH is 5. The number of hydrogen-bond donors (Lipinski definition) is 6. The highest BCUT2D eigenvalue weighted by atomic mass is 16.7. The van der Waals surface area contributed by atoms with Crippen LogP contribution in [-0.2, 0) is 9.47 Å². The van der Waals surface area contributed by atoms with Crippen LogP contribution in [0.15, 0.2) is 12.2 Å². The molecule has 0 spiro atoms. The Hall–Kier alpha value is -0.580. The van der Waals surface area contributed by atoms with Crippen LogP contribution >= 0.6 is 0 Å². The normalized spacial score (nSPS) is 54.8. The van der Waals surface area contributed by atoms with E-state index in [0.717, 1.165) is 0 Å². The van der Waals surface area contributed by atoms with Gasteiger partial charge in [0.05, 0.1) is 23.9 Å². The molecule has 3 rings (SSSR count). The van der Waals surface area contributed by atoms with Gasteiger partial charge in [-0.05, 0) is 26.7 Å². The molecule has 150 valence electrons. The molecule has 26 heavy (non-hydrogen) atoms. The molecule has 10 atom stereocenters. The summed E-state index contributed by atoms with van der Waals surface area (Å²) in [5.41, 5.74) is -2.02. The van der Waals surface area contributed by atoms with Crippen molar-refractivity contribution in [3.63, 3.8) is 0 Å². The zero-order valence-corrected chi connectivity index (χ0v) is 15.1. The number of aliphatic hydroxyl groups is 6. The molecule has 0 aromatic rings. The smallest absolute Gasteiger partial charge is 0.187 e. The molecule has 0 aromatic carbocycles. The first-order chi connectivity index (χ1) is 12.1. The molecule has 2 fully saturated rings. The fourth-order valence-electron chi connectivity index (χ4n) is 4.76. The van der Waals surface area contributed by atoms with Crippen molar-refractivity contribution in [2.24, 2.45) is 11.8 Å². The molecule has 8 nitrogen and oxygen atoms in total. The summed E-state index contributed by atoms with van der Waals surface area (Å²) < 4.78 is 11.5. The lowest BCUT2D eigenvalue weighted by Gasteiger charge is -2.44. The Morgan fingerprint density at radius 2 is 1.81 bits per heavy atom. The van der Waals surface area contributed by atoms with Crippen LogP contribution in [0.3, 0.4) is 0 Å². The van der Waals surface area contributed by atoms with Crippen LogP contribution in [-0.4, -0.2) is 85.3 Å². The van der Waals surface area contributed by atoms with Gasteiger partial charge >= 0.3 is 0 Å². The van der Waals surface area contributed by atoms with Crippen LogP contribution in [0.4, 0.5) is 0 Å². The minimum atomic E-state index is -1.52. The van der Waals surface area contributed by atoms with Gasteiger partial charge in [0.25, 0.3) is 0 Å². The maximum absolute atomic E-state index is 10.8. The van der Waals surface area contributed by atoms with Crippen LogP contribution in [0, 0.1) is 11.8 Å². The Bertz CT molecular complexity index is 535. The summed E-state index contributed by atoms with van der Waals surface area (Å²) in [4.78, 5) is 0. The molecule has 6 N–H and O–H groups in total. The predicted molar refractivity (Wildman–Crippen MR) is 89.9 cm³/mol. The summed E-state index contributed by atoms with van der Waals surface area (Å²) in [6, 6.07) is 0. The Kier molecular flexibility index (Phi) is 5.51. The highest BCUT2D eigenvalue weighted by Gasteiger charge is 2.58. The van der Waals surface area contributed by atoms with E-state index in [-0.39, 0.29) is 12.3 Å². The van der Waals surface area contributed by atoms with E-state index >= 15 is 0 Å². The summed E-state index contributed by atoms with van der Waals surface area (Å²) in [6.07, 6.45) is -2.31. The van der Waals surface area contributed by atoms with Crippen LogP contribution in [0.2, 0.25) is 0 Å². The van der Waals surface area contributed by atoms with Gasteiger partial charge in [0.15, 0.2) is 6.29 Å². The Labute approximate surface area is 152 Å². The SMILES string of the molecule is CC1(O)CCC=CC2C1C(O)CC2(C)OC1OC(CO)C(O)C(O)C1O. The third-order valence-corrected chi connectivity index (χ3v) is 6.23. The predicted octanol–water partition coefficient (Wildman–Crippen LogP) is -1.34. The molecule has 1 saturated heterocycles. The van der Waals surface area contributed by atoms with E-state index in [1.54, 1.807) is 13.8 Å². The molecule has 8 heteroatoms. The van der Waals surface area contributed by atoms with Crippen molar-refractivity contribution in [2.45, 2.75) is 81.1 Å². The average Bonchev–Trinajstić information content (AvgIpc) is 2.71. The van der Waals surface area contributed by atoms with Gasteiger partial charge in [-0.2, -0.15) is 0 Å². The van der Waals surface area contributed by atoms with Gasteiger partial charge < -0.3 is 40.1 Å². The fourth-order valence-corrected chi connectivity index (χ4v) is 4.76. The van der Waals surface area contributed by atoms with Gasteiger partial charge in [0.1, 0.15) is 24.4 Å². The van der Waals surface area contributed by atoms with Crippen molar-refractivity contribution in [2.75, 3.05) is 6.61 Å². The second-order valence-electron chi connectivity index (χ2n) is 8.27. The van der Waals surface area contributed by atoms with E-state index in [1.807, 2.05) is 12.2 Å². The Balaban J connectivity index is 1.84. The summed E-state index contributed by atoms with van der Waals surface area (Å²) in [7, 11) is 0. The first-order valence-electron chi connectivity index (χ1n) is 9.16. The summed E-state index contributed by atoms with van der Waals surface area (Å²) in [5.74, 6) is -0.751. The number of allylic oxidation sites excluding steroid dienone is 1. The van der Waals surface area contributed by atoms with Gasteiger partial charge in [-0.3, -0.25) is 0 Å². The molecule has 3 aliphatic rings. The highest BCUT2D eigenvalue weighted by Crippen LogP contribution is 2.51. The Morgan fingerprint density at radius 3 is 2.46 bits per heavy atom. The highest BCUT2D eigenvalue weighted by molar-refractivity contribution is 5.16. The summed E-state index contributed by atoms with van der Waals surface area (Å²) in [5, 5.41) is 60.8. The topological polar surface area (TPSA) is 140 Å². The van der Waals surface area contributed by atoms with E-state index in [1.165, 1.54) is 0 Å². The third-order valence-electron chi connectivity index (χ3n) is 6.23. The van der Waals surface area contributed by atoms with Crippen LogP contribution in [0.5, 0.6) is 0 Å². The number of hydrogen-bond acceptors (Lipinski definition) is 8. The molecule has 1 heterocycles. The van der Waals surface area contributed by atoms with E-state index in [0.29, 0.717) is 12.8 Å². The van der Waals surface area contributed by atoms with Crippen LogP contribution in [0.1, 0.15) is 33.1 Å². The third kappa shape index (κ3) is 3.33. The second kappa shape index (κ2) is 7.10. The fraction of sp³-hybridized carbons (Fsp3) is 0.889. The molecular weight excluding hydrogens is 344 g/mol. The minimum Gasteiger partial charge on any atom is -0.394 e.